The molecule has 10 heavy (non-hydrogen) atoms. The molecule has 0 aliphatic carbocycles. The number of halogens is 1. The van der Waals surface area contributed by atoms with Gasteiger partial charge in [-0.25, -0.2) is 0 Å². The average molecular weight is 163 g/mol. The molecule has 0 aromatic carbocycles. The van der Waals surface area contributed by atoms with Gasteiger partial charge in [-0.15, -0.1) is 11.6 Å². The van der Waals surface area contributed by atoms with E-state index in [1.54, 1.807) is 0 Å². The second-order valence-electron chi connectivity index (χ2n) is 2.92. The summed E-state index contributed by atoms with van der Waals surface area (Å²) in [5.41, 5.74) is 0. The summed E-state index contributed by atoms with van der Waals surface area (Å²) in [6, 6.07) is 0. The number of rotatable bonds is 6. The lowest BCUT2D eigenvalue weighted by molar-refractivity contribution is 0.429. The van der Waals surface area contributed by atoms with E-state index >= 15 is 0 Å². The van der Waals surface area contributed by atoms with E-state index in [2.05, 4.69) is 13.8 Å². The van der Waals surface area contributed by atoms with Crippen LogP contribution in [0, 0.1) is 5.92 Å². The molecule has 0 aromatic rings. The first kappa shape index (κ1) is 10.3. The Morgan fingerprint density at radius 2 is 1.50 bits per heavy atom. The summed E-state index contributed by atoms with van der Waals surface area (Å²) in [4.78, 5) is 0. The zero-order valence-electron chi connectivity index (χ0n) is 7.20. The molecule has 0 spiro atoms. The monoisotopic (exact) mass is 162 g/mol. The lowest BCUT2D eigenvalue weighted by atomic mass is 9.96. The van der Waals surface area contributed by atoms with Crippen LogP contribution >= 0.6 is 11.6 Å². The molecular formula is C9H19Cl. The molecule has 0 aromatic heterocycles. The van der Waals surface area contributed by atoms with Gasteiger partial charge in [0, 0.05) is 5.88 Å². The van der Waals surface area contributed by atoms with Crippen LogP contribution in [0.5, 0.6) is 0 Å². The van der Waals surface area contributed by atoms with Crippen LogP contribution in [0.25, 0.3) is 0 Å². The van der Waals surface area contributed by atoms with Crippen LogP contribution in [-0.4, -0.2) is 5.88 Å². The Labute approximate surface area is 70.0 Å². The summed E-state index contributed by atoms with van der Waals surface area (Å²) in [7, 11) is 0. The van der Waals surface area contributed by atoms with Gasteiger partial charge in [-0.3, -0.25) is 0 Å². The molecular weight excluding hydrogens is 144 g/mol. The minimum Gasteiger partial charge on any atom is -0.127 e. The zero-order valence-corrected chi connectivity index (χ0v) is 7.95. The van der Waals surface area contributed by atoms with Crippen LogP contribution < -0.4 is 0 Å². The Balaban J connectivity index is 3.30. The summed E-state index contributed by atoms with van der Waals surface area (Å²) < 4.78 is 0. The normalized spacial score (nSPS) is 10.8. The third-order valence-electron chi connectivity index (χ3n) is 1.91. The quantitative estimate of drug-likeness (QED) is 0.521. The summed E-state index contributed by atoms with van der Waals surface area (Å²) in [6.45, 7) is 4.49. The Kier molecular flexibility index (Phi) is 7.61. The van der Waals surface area contributed by atoms with Crippen molar-refractivity contribution in [1.82, 2.24) is 0 Å². The van der Waals surface area contributed by atoms with Crippen molar-refractivity contribution < 1.29 is 0 Å². The molecule has 0 bridgehead atoms. The fourth-order valence-electron chi connectivity index (χ4n) is 1.40. The van der Waals surface area contributed by atoms with Crippen LogP contribution in [0.4, 0.5) is 0 Å². The first-order chi connectivity index (χ1) is 4.85. The molecule has 0 aliphatic heterocycles. The topological polar surface area (TPSA) is 0 Å². The summed E-state index contributed by atoms with van der Waals surface area (Å²) in [5.74, 6) is 1.73. The lowest BCUT2D eigenvalue weighted by Gasteiger charge is -2.12. The van der Waals surface area contributed by atoms with E-state index in [0.29, 0.717) is 0 Å². The minimum atomic E-state index is 0.838. The van der Waals surface area contributed by atoms with Gasteiger partial charge >= 0.3 is 0 Å². The molecule has 0 fully saturated rings. The highest BCUT2D eigenvalue weighted by molar-refractivity contribution is 6.17. The van der Waals surface area contributed by atoms with Crippen molar-refractivity contribution in [2.24, 2.45) is 5.92 Å². The standard InChI is InChI=1S/C9H19Cl/c1-3-5-9(6-4-2)7-8-10/h9H,3-8H2,1-2H3. The maximum Gasteiger partial charge on any atom is 0.0226 e. The van der Waals surface area contributed by atoms with Crippen LogP contribution in [0.15, 0.2) is 0 Å². The van der Waals surface area contributed by atoms with Crippen molar-refractivity contribution in [2.45, 2.75) is 46.0 Å². The molecule has 1 heteroatoms. The molecule has 0 nitrogen and oxygen atoms in total. The first-order valence-electron chi connectivity index (χ1n) is 4.41. The van der Waals surface area contributed by atoms with Gasteiger partial charge in [0.1, 0.15) is 0 Å². The molecule has 0 N–H and O–H groups in total. The van der Waals surface area contributed by atoms with Gasteiger partial charge in [-0.2, -0.15) is 0 Å². The summed E-state index contributed by atoms with van der Waals surface area (Å²) in [6.07, 6.45) is 6.55. The third-order valence-corrected chi connectivity index (χ3v) is 2.13. The first-order valence-corrected chi connectivity index (χ1v) is 4.94. The predicted octanol–water partition coefficient (Wildman–Crippen LogP) is 3.83. The molecule has 0 rings (SSSR count). The van der Waals surface area contributed by atoms with Crippen molar-refractivity contribution in [1.29, 1.82) is 0 Å². The summed E-state index contributed by atoms with van der Waals surface area (Å²) in [5, 5.41) is 0. The van der Waals surface area contributed by atoms with E-state index < -0.39 is 0 Å². The van der Waals surface area contributed by atoms with Crippen molar-refractivity contribution >= 4 is 11.6 Å². The van der Waals surface area contributed by atoms with Gasteiger partial charge in [-0.1, -0.05) is 39.5 Å². The van der Waals surface area contributed by atoms with Crippen LogP contribution in [0.2, 0.25) is 0 Å². The van der Waals surface area contributed by atoms with Gasteiger partial charge < -0.3 is 0 Å². The Bertz CT molecular complexity index is 47.5. The Morgan fingerprint density at radius 3 is 1.80 bits per heavy atom. The van der Waals surface area contributed by atoms with Crippen molar-refractivity contribution in [2.75, 3.05) is 5.88 Å². The number of hydrogen-bond donors (Lipinski definition) is 0. The Hall–Kier alpha value is 0.290. The van der Waals surface area contributed by atoms with E-state index in [1.165, 1.54) is 32.1 Å². The second kappa shape index (κ2) is 7.40. The largest absolute Gasteiger partial charge is 0.127 e. The lowest BCUT2D eigenvalue weighted by Crippen LogP contribution is -1.99. The van der Waals surface area contributed by atoms with Crippen LogP contribution in [-0.2, 0) is 0 Å². The van der Waals surface area contributed by atoms with E-state index in [4.69, 9.17) is 11.6 Å². The van der Waals surface area contributed by atoms with Gasteiger partial charge in [0.2, 0.25) is 0 Å². The highest BCUT2D eigenvalue weighted by Gasteiger charge is 2.04. The van der Waals surface area contributed by atoms with E-state index in [-0.39, 0.29) is 0 Å². The molecule has 0 heterocycles. The van der Waals surface area contributed by atoms with Gasteiger partial charge in [-0.05, 0) is 12.3 Å². The molecule has 0 amide bonds. The fraction of sp³-hybridized carbons (Fsp3) is 1.00. The Morgan fingerprint density at radius 1 is 1.00 bits per heavy atom. The molecule has 0 radical (unpaired) electrons. The van der Waals surface area contributed by atoms with Crippen molar-refractivity contribution in [3.05, 3.63) is 0 Å². The molecule has 62 valence electrons. The average Bonchev–Trinajstić information content (AvgIpc) is 1.90. The highest BCUT2D eigenvalue weighted by atomic mass is 35.5. The maximum absolute atomic E-state index is 5.67. The molecule has 0 atom stereocenters. The molecule has 0 saturated carbocycles. The smallest absolute Gasteiger partial charge is 0.0226 e. The van der Waals surface area contributed by atoms with Gasteiger partial charge in [0.05, 0.1) is 0 Å². The minimum absolute atomic E-state index is 0.838. The predicted molar refractivity (Wildman–Crippen MR) is 48.6 cm³/mol. The third kappa shape index (κ3) is 5.10. The van der Waals surface area contributed by atoms with Crippen molar-refractivity contribution in [3.8, 4) is 0 Å². The molecule has 0 unspecified atom stereocenters. The molecule has 0 aliphatic rings. The maximum atomic E-state index is 5.67. The number of alkyl halides is 1. The molecule has 0 saturated heterocycles. The highest BCUT2D eigenvalue weighted by Crippen LogP contribution is 2.17. The second-order valence-corrected chi connectivity index (χ2v) is 3.30. The van der Waals surface area contributed by atoms with Gasteiger partial charge in [0.15, 0.2) is 0 Å². The van der Waals surface area contributed by atoms with Crippen molar-refractivity contribution in [3.63, 3.8) is 0 Å². The van der Waals surface area contributed by atoms with E-state index in [0.717, 1.165) is 11.8 Å². The van der Waals surface area contributed by atoms with Crippen LogP contribution in [0.3, 0.4) is 0 Å². The van der Waals surface area contributed by atoms with Gasteiger partial charge in [0.25, 0.3) is 0 Å². The zero-order chi connectivity index (χ0) is 7.82. The van der Waals surface area contributed by atoms with Crippen LogP contribution in [0.1, 0.15) is 46.0 Å². The van der Waals surface area contributed by atoms with E-state index in [9.17, 15) is 0 Å². The van der Waals surface area contributed by atoms with E-state index in [1.807, 2.05) is 0 Å². The fourth-order valence-corrected chi connectivity index (χ4v) is 1.71. The summed E-state index contributed by atoms with van der Waals surface area (Å²) >= 11 is 5.67. The SMILES string of the molecule is CCCC(CCC)CCCl. The number of hydrogen-bond acceptors (Lipinski definition) is 0.